The summed E-state index contributed by atoms with van der Waals surface area (Å²) in [6.07, 6.45) is -8.47. The van der Waals surface area contributed by atoms with Gasteiger partial charge in [0.1, 0.15) is 0 Å². The van der Waals surface area contributed by atoms with E-state index in [0.717, 1.165) is 30.0 Å². The molecule has 0 aromatic heterocycles. The topological polar surface area (TPSA) is 63.7 Å². The van der Waals surface area contributed by atoms with E-state index in [4.69, 9.17) is 0 Å². The van der Waals surface area contributed by atoms with Crippen LogP contribution in [0.4, 0.5) is 41.2 Å². The number of nitrogens with zero attached hydrogens (tertiary/aromatic N) is 1. The number of cyclic esters (lactones) is 1. The fourth-order valence-electron chi connectivity index (χ4n) is 3.59. The number of sulfone groups is 1. The molecule has 13 heteroatoms. The Kier molecular flexibility index (Phi) is 6.89. The second-order valence-corrected chi connectivity index (χ2v) is 9.81. The number of ether oxygens (including phenoxy) is 1. The van der Waals surface area contributed by atoms with Crippen molar-refractivity contribution in [2.24, 2.45) is 0 Å². The number of benzene rings is 2. The molecule has 1 amide bonds. The third-order valence-electron chi connectivity index (χ3n) is 5.17. The van der Waals surface area contributed by atoms with Gasteiger partial charge in [-0.3, -0.25) is 4.90 Å². The predicted molar refractivity (Wildman–Crippen MR) is 107 cm³/mol. The van der Waals surface area contributed by atoms with Crippen LogP contribution in [0.2, 0.25) is 0 Å². The zero-order valence-electron chi connectivity index (χ0n) is 17.8. The Hall–Kier alpha value is -2.83. The molecule has 0 fully saturated rings. The van der Waals surface area contributed by atoms with Gasteiger partial charge in [-0.15, -0.1) is 0 Å². The van der Waals surface area contributed by atoms with Crippen LogP contribution < -0.4 is 4.90 Å². The first-order valence-corrected chi connectivity index (χ1v) is 11.7. The van der Waals surface area contributed by atoms with Crippen molar-refractivity contribution in [2.45, 2.75) is 44.1 Å². The summed E-state index contributed by atoms with van der Waals surface area (Å²) in [6, 6.07) is 3.11. The summed E-state index contributed by atoms with van der Waals surface area (Å²) in [5.74, 6) is -9.67. The van der Waals surface area contributed by atoms with E-state index >= 15 is 0 Å². The van der Waals surface area contributed by atoms with Crippen molar-refractivity contribution < 1.29 is 48.7 Å². The molecule has 1 unspecified atom stereocenters. The molecule has 0 saturated carbocycles. The Morgan fingerprint density at radius 2 is 1.59 bits per heavy atom. The lowest BCUT2D eigenvalue weighted by molar-refractivity contribution is -0.207. The number of hydrogen-bond donors (Lipinski definition) is 0. The smallest absolute Gasteiger partial charge is 0.430 e. The van der Waals surface area contributed by atoms with Crippen LogP contribution in [0.15, 0.2) is 18.2 Å². The molecule has 3 rings (SSSR count). The van der Waals surface area contributed by atoms with Gasteiger partial charge in [0.2, 0.25) is 6.10 Å². The van der Waals surface area contributed by atoms with Crippen LogP contribution in [0.25, 0.3) is 0 Å². The monoisotopic (exact) mass is 513 g/mol. The Bertz CT molecular complexity index is 1220. The highest BCUT2D eigenvalue weighted by Gasteiger charge is 2.49. The number of carbonyl (C=O) groups is 1. The van der Waals surface area contributed by atoms with Gasteiger partial charge in [0.05, 0.1) is 17.2 Å². The minimum Gasteiger partial charge on any atom is -0.431 e. The average Bonchev–Trinajstić information content (AvgIpc) is 2.74. The maximum Gasteiger partial charge on any atom is 0.430 e. The Balaban J connectivity index is 1.99. The third-order valence-corrected chi connectivity index (χ3v) is 6.68. The van der Waals surface area contributed by atoms with Gasteiger partial charge >= 0.3 is 12.3 Å². The molecule has 34 heavy (non-hydrogen) atoms. The molecule has 0 N–H and O–H groups in total. The Morgan fingerprint density at radius 1 is 1.00 bits per heavy atom. The summed E-state index contributed by atoms with van der Waals surface area (Å²) in [4.78, 5) is 13.0. The van der Waals surface area contributed by atoms with Crippen LogP contribution in [-0.2, 0) is 26.1 Å². The van der Waals surface area contributed by atoms with Gasteiger partial charge in [0, 0.05) is 23.2 Å². The second kappa shape index (κ2) is 9.08. The fraction of sp³-hybridized carbons (Fsp3) is 0.381. The highest BCUT2D eigenvalue weighted by Crippen LogP contribution is 2.44. The number of amides is 1. The highest BCUT2D eigenvalue weighted by atomic mass is 32.2. The molecule has 0 bridgehead atoms. The number of anilines is 1. The van der Waals surface area contributed by atoms with Crippen LogP contribution in [0.3, 0.4) is 0 Å². The van der Waals surface area contributed by atoms with Gasteiger partial charge in [-0.05, 0) is 31.0 Å². The number of hydrogen-bond acceptors (Lipinski definition) is 4. The maximum atomic E-state index is 14.1. The van der Waals surface area contributed by atoms with Crippen molar-refractivity contribution in [1.82, 2.24) is 0 Å². The summed E-state index contributed by atoms with van der Waals surface area (Å²) >= 11 is 0. The summed E-state index contributed by atoms with van der Waals surface area (Å²) in [5, 5.41) is 0. The van der Waals surface area contributed by atoms with Gasteiger partial charge in [-0.1, -0.05) is 13.0 Å². The van der Waals surface area contributed by atoms with Crippen molar-refractivity contribution in [1.29, 1.82) is 0 Å². The molecule has 5 nitrogen and oxygen atoms in total. The molecule has 0 aliphatic carbocycles. The van der Waals surface area contributed by atoms with Crippen LogP contribution in [0.1, 0.15) is 41.7 Å². The average molecular weight is 513 g/mol. The molecule has 1 atom stereocenters. The standard InChI is InChI=1S/C21H18F7NO4S/c1-3-6-29-14-5-4-11(7-12(14)19(21(26,27)28)33-20(29)30)8-34(31,32)9-13-17(24)15(22)10(2)16(23)18(13)25/h4-5,7,19H,3,6,8-9H2,1-2H3. The van der Waals surface area contributed by atoms with E-state index in [1.807, 2.05) is 0 Å². The summed E-state index contributed by atoms with van der Waals surface area (Å²) in [5.41, 5.74) is -3.17. The Morgan fingerprint density at radius 3 is 2.12 bits per heavy atom. The molecule has 0 saturated heterocycles. The van der Waals surface area contributed by atoms with Crippen molar-refractivity contribution in [3.63, 3.8) is 0 Å². The third kappa shape index (κ3) is 4.84. The predicted octanol–water partition coefficient (Wildman–Crippen LogP) is 5.64. The first kappa shape index (κ1) is 25.8. The van der Waals surface area contributed by atoms with Crippen molar-refractivity contribution in [2.75, 3.05) is 11.4 Å². The largest absolute Gasteiger partial charge is 0.431 e. The lowest BCUT2D eigenvalue weighted by atomic mass is 10.0. The first-order valence-electron chi connectivity index (χ1n) is 9.87. The number of halogens is 7. The molecule has 1 aliphatic rings. The van der Waals surface area contributed by atoms with Crippen molar-refractivity contribution in [3.8, 4) is 0 Å². The van der Waals surface area contributed by atoms with Gasteiger partial charge in [0.25, 0.3) is 0 Å². The minimum absolute atomic E-state index is 0.0389. The van der Waals surface area contributed by atoms with Gasteiger partial charge in [0.15, 0.2) is 33.1 Å². The van der Waals surface area contributed by atoms with E-state index < -0.39 is 79.7 Å². The molecule has 0 radical (unpaired) electrons. The van der Waals surface area contributed by atoms with Gasteiger partial charge in [-0.2, -0.15) is 13.2 Å². The van der Waals surface area contributed by atoms with Crippen LogP contribution >= 0.6 is 0 Å². The zero-order chi connectivity index (χ0) is 25.6. The van der Waals surface area contributed by atoms with Crippen LogP contribution in [0.5, 0.6) is 0 Å². The lowest BCUT2D eigenvalue weighted by Gasteiger charge is -2.34. The number of rotatable bonds is 6. The van der Waals surface area contributed by atoms with E-state index in [1.165, 1.54) is 0 Å². The highest BCUT2D eigenvalue weighted by molar-refractivity contribution is 7.89. The number of carbonyl (C=O) groups excluding carboxylic acids is 1. The molecule has 0 spiro atoms. The number of fused-ring (bicyclic) bond motifs is 1. The summed E-state index contributed by atoms with van der Waals surface area (Å²) < 4.78 is 126. The normalized spacial score (nSPS) is 16.4. The fourth-order valence-corrected chi connectivity index (χ4v) is 5.08. The molecule has 1 aliphatic heterocycles. The van der Waals surface area contributed by atoms with E-state index in [0.29, 0.717) is 6.42 Å². The molecule has 1 heterocycles. The maximum absolute atomic E-state index is 14.1. The summed E-state index contributed by atoms with van der Waals surface area (Å²) in [6.45, 7) is 2.49. The lowest BCUT2D eigenvalue weighted by Crippen LogP contribution is -2.42. The van der Waals surface area contributed by atoms with Gasteiger partial charge in [-0.25, -0.2) is 30.8 Å². The molecule has 2 aromatic rings. The molecular weight excluding hydrogens is 495 g/mol. The molecular formula is C21H18F7NO4S. The quantitative estimate of drug-likeness (QED) is 0.371. The SMILES string of the molecule is CCCN1C(=O)OC(C(F)(F)F)c2cc(CS(=O)(=O)Cc3c(F)c(F)c(C)c(F)c3F)ccc21. The molecule has 2 aromatic carbocycles. The molecule has 186 valence electrons. The van der Waals surface area contributed by atoms with Crippen molar-refractivity contribution in [3.05, 3.63) is 63.7 Å². The van der Waals surface area contributed by atoms with E-state index in [-0.39, 0.29) is 17.8 Å². The van der Waals surface area contributed by atoms with Crippen LogP contribution in [-0.4, -0.2) is 27.2 Å². The zero-order valence-corrected chi connectivity index (χ0v) is 18.6. The van der Waals surface area contributed by atoms with Gasteiger partial charge < -0.3 is 4.74 Å². The summed E-state index contributed by atoms with van der Waals surface area (Å²) in [7, 11) is -4.51. The van der Waals surface area contributed by atoms with E-state index in [9.17, 15) is 43.9 Å². The minimum atomic E-state index is -5.00. The van der Waals surface area contributed by atoms with Crippen LogP contribution in [0, 0.1) is 30.2 Å². The first-order chi connectivity index (χ1) is 15.7. The van der Waals surface area contributed by atoms with E-state index in [1.54, 1.807) is 6.92 Å². The van der Waals surface area contributed by atoms with Crippen molar-refractivity contribution >= 4 is 21.6 Å². The van der Waals surface area contributed by atoms with E-state index in [2.05, 4.69) is 4.74 Å². The Labute approximate surface area is 190 Å². The number of alkyl halides is 3. The second-order valence-electron chi connectivity index (χ2n) is 7.74.